The van der Waals surface area contributed by atoms with E-state index in [0.29, 0.717) is 18.4 Å². The molecule has 0 saturated carbocycles. The number of hydrogen-bond donors (Lipinski definition) is 2. The van der Waals surface area contributed by atoms with Crippen molar-refractivity contribution in [1.29, 1.82) is 0 Å². The molecular weight excluding hydrogens is 255 g/mol. The SMILES string of the molecule is CCC=C(CC)C(CC)(C(=O)OCC)P(=O)(O)O. The van der Waals surface area contributed by atoms with Gasteiger partial charge in [-0.25, -0.2) is 0 Å². The van der Waals surface area contributed by atoms with Crippen LogP contribution in [0.2, 0.25) is 0 Å². The summed E-state index contributed by atoms with van der Waals surface area (Å²) in [5.74, 6) is -0.831. The highest BCUT2D eigenvalue weighted by molar-refractivity contribution is 7.55. The fourth-order valence-electron chi connectivity index (χ4n) is 2.12. The minimum absolute atomic E-state index is 0.0236. The van der Waals surface area contributed by atoms with Crippen LogP contribution in [0.5, 0.6) is 0 Å². The average Bonchev–Trinajstić information content (AvgIpc) is 2.27. The molecular formula is C12H23O5P. The molecule has 18 heavy (non-hydrogen) atoms. The van der Waals surface area contributed by atoms with Crippen LogP contribution < -0.4 is 0 Å². The van der Waals surface area contributed by atoms with Gasteiger partial charge >= 0.3 is 13.6 Å². The highest BCUT2D eigenvalue weighted by atomic mass is 31.2. The lowest BCUT2D eigenvalue weighted by Crippen LogP contribution is -2.41. The van der Waals surface area contributed by atoms with Crippen molar-refractivity contribution in [2.24, 2.45) is 0 Å². The van der Waals surface area contributed by atoms with E-state index in [0.717, 1.165) is 0 Å². The smallest absolute Gasteiger partial charge is 0.346 e. The third-order valence-electron chi connectivity index (χ3n) is 2.98. The third-order valence-corrected chi connectivity index (χ3v) is 4.77. The Hall–Kier alpha value is -0.640. The van der Waals surface area contributed by atoms with E-state index in [-0.39, 0.29) is 13.0 Å². The normalized spacial score (nSPS) is 16.2. The molecule has 0 spiro atoms. The minimum Gasteiger partial charge on any atom is -0.465 e. The van der Waals surface area contributed by atoms with Crippen molar-refractivity contribution in [2.45, 2.75) is 52.1 Å². The molecule has 6 heteroatoms. The minimum atomic E-state index is -4.64. The number of esters is 1. The van der Waals surface area contributed by atoms with Crippen LogP contribution in [0.4, 0.5) is 0 Å². The zero-order valence-corrected chi connectivity index (χ0v) is 12.4. The quantitative estimate of drug-likeness (QED) is 0.425. The van der Waals surface area contributed by atoms with E-state index in [1.54, 1.807) is 26.8 Å². The number of rotatable bonds is 7. The largest absolute Gasteiger partial charge is 0.465 e. The Balaban J connectivity index is 5.88. The molecule has 2 N–H and O–H groups in total. The van der Waals surface area contributed by atoms with Gasteiger partial charge in [0, 0.05) is 0 Å². The van der Waals surface area contributed by atoms with Gasteiger partial charge in [-0.1, -0.05) is 26.8 Å². The fraction of sp³-hybridized carbons (Fsp3) is 0.750. The Morgan fingerprint density at radius 3 is 2.11 bits per heavy atom. The van der Waals surface area contributed by atoms with Gasteiger partial charge in [0.1, 0.15) is 0 Å². The van der Waals surface area contributed by atoms with Crippen molar-refractivity contribution < 1.29 is 23.9 Å². The lowest BCUT2D eigenvalue weighted by molar-refractivity contribution is -0.145. The van der Waals surface area contributed by atoms with Gasteiger partial charge in [0.05, 0.1) is 6.61 Å². The van der Waals surface area contributed by atoms with Crippen LogP contribution in [0.25, 0.3) is 0 Å². The Morgan fingerprint density at radius 2 is 1.83 bits per heavy atom. The first kappa shape index (κ1) is 17.4. The highest BCUT2D eigenvalue weighted by Gasteiger charge is 2.55. The van der Waals surface area contributed by atoms with Crippen molar-refractivity contribution in [2.75, 3.05) is 6.61 Å². The second kappa shape index (κ2) is 7.07. The van der Waals surface area contributed by atoms with Gasteiger partial charge < -0.3 is 14.5 Å². The van der Waals surface area contributed by atoms with E-state index in [4.69, 9.17) is 4.74 Å². The molecule has 0 aromatic heterocycles. The number of ether oxygens (including phenoxy) is 1. The van der Waals surface area contributed by atoms with E-state index >= 15 is 0 Å². The van der Waals surface area contributed by atoms with Crippen LogP contribution in [0, 0.1) is 0 Å². The van der Waals surface area contributed by atoms with E-state index in [1.807, 2.05) is 6.92 Å². The molecule has 0 aliphatic carbocycles. The molecule has 0 heterocycles. The predicted octanol–water partition coefficient (Wildman–Crippen LogP) is 2.62. The number of carbonyl (C=O) groups is 1. The van der Waals surface area contributed by atoms with Crippen molar-refractivity contribution in [1.82, 2.24) is 0 Å². The van der Waals surface area contributed by atoms with E-state index in [9.17, 15) is 19.1 Å². The van der Waals surface area contributed by atoms with Crippen LogP contribution in [-0.4, -0.2) is 27.5 Å². The molecule has 0 aliphatic rings. The molecule has 5 nitrogen and oxygen atoms in total. The fourth-order valence-corrected chi connectivity index (χ4v) is 3.45. The van der Waals surface area contributed by atoms with Crippen molar-refractivity contribution in [3.8, 4) is 0 Å². The molecule has 0 fully saturated rings. The zero-order valence-electron chi connectivity index (χ0n) is 11.5. The Kier molecular flexibility index (Phi) is 6.82. The van der Waals surface area contributed by atoms with Crippen LogP contribution in [0.3, 0.4) is 0 Å². The maximum atomic E-state index is 12.1. The molecule has 0 amide bonds. The van der Waals surface area contributed by atoms with Gasteiger partial charge in [0.15, 0.2) is 5.16 Å². The molecule has 0 bridgehead atoms. The molecule has 0 radical (unpaired) electrons. The summed E-state index contributed by atoms with van der Waals surface area (Å²) in [5, 5.41) is -1.83. The molecule has 106 valence electrons. The molecule has 0 rings (SSSR count). The summed E-state index contributed by atoms with van der Waals surface area (Å²) in [4.78, 5) is 31.3. The lowest BCUT2D eigenvalue weighted by Gasteiger charge is -2.33. The first-order chi connectivity index (χ1) is 8.31. The van der Waals surface area contributed by atoms with Gasteiger partial charge in [0.25, 0.3) is 0 Å². The first-order valence-corrected chi connectivity index (χ1v) is 7.85. The molecule has 0 aromatic carbocycles. The molecule has 1 unspecified atom stereocenters. The van der Waals surface area contributed by atoms with Crippen LogP contribution in [-0.2, 0) is 14.1 Å². The first-order valence-electron chi connectivity index (χ1n) is 6.24. The summed E-state index contributed by atoms with van der Waals surface area (Å²) in [6.07, 6.45) is 2.76. The molecule has 0 aromatic rings. The monoisotopic (exact) mass is 278 g/mol. The van der Waals surface area contributed by atoms with Gasteiger partial charge in [-0.05, 0) is 31.8 Å². The van der Waals surface area contributed by atoms with Crippen LogP contribution in [0.15, 0.2) is 11.6 Å². The van der Waals surface area contributed by atoms with Gasteiger partial charge in [-0.15, -0.1) is 0 Å². The Labute approximate surface area is 108 Å². The topological polar surface area (TPSA) is 83.8 Å². The average molecular weight is 278 g/mol. The Morgan fingerprint density at radius 1 is 1.28 bits per heavy atom. The number of allylic oxidation sites excluding steroid dienone is 1. The van der Waals surface area contributed by atoms with E-state index < -0.39 is 18.7 Å². The third kappa shape index (κ3) is 3.22. The summed E-state index contributed by atoms with van der Waals surface area (Å²) in [6.45, 7) is 6.95. The molecule has 1 atom stereocenters. The van der Waals surface area contributed by atoms with Gasteiger partial charge in [-0.2, -0.15) is 0 Å². The van der Waals surface area contributed by atoms with Gasteiger partial charge in [-0.3, -0.25) is 9.36 Å². The summed E-state index contributed by atoms with van der Waals surface area (Å²) in [5.41, 5.74) is 0.458. The zero-order chi connectivity index (χ0) is 14.4. The molecule has 0 aliphatic heterocycles. The summed E-state index contributed by atoms with van der Waals surface area (Å²) in [6, 6.07) is 0. The Bertz CT molecular complexity index is 357. The van der Waals surface area contributed by atoms with Crippen molar-refractivity contribution in [3.63, 3.8) is 0 Å². The standard InChI is InChI=1S/C12H23O5P/c1-5-9-10(6-2)12(7-3,18(14,15)16)11(13)17-8-4/h9H,5-8H2,1-4H3,(H2,14,15,16). The maximum Gasteiger partial charge on any atom is 0.346 e. The predicted molar refractivity (Wildman–Crippen MR) is 70.4 cm³/mol. The number of carbonyl (C=O) groups excluding carboxylic acids is 1. The van der Waals surface area contributed by atoms with Crippen LogP contribution >= 0.6 is 7.60 Å². The van der Waals surface area contributed by atoms with Crippen molar-refractivity contribution >= 4 is 13.6 Å². The van der Waals surface area contributed by atoms with Gasteiger partial charge in [0.2, 0.25) is 0 Å². The summed E-state index contributed by atoms with van der Waals surface area (Å²) in [7, 11) is -4.64. The second-order valence-corrected chi connectivity index (χ2v) is 5.82. The summed E-state index contributed by atoms with van der Waals surface area (Å²) >= 11 is 0. The van der Waals surface area contributed by atoms with E-state index in [2.05, 4.69) is 0 Å². The summed E-state index contributed by atoms with van der Waals surface area (Å²) < 4.78 is 16.7. The maximum absolute atomic E-state index is 12.1. The van der Waals surface area contributed by atoms with E-state index in [1.165, 1.54) is 0 Å². The second-order valence-electron chi connectivity index (χ2n) is 3.97. The number of hydrogen-bond acceptors (Lipinski definition) is 3. The molecule has 0 saturated heterocycles. The highest BCUT2D eigenvalue weighted by Crippen LogP contribution is 2.57. The van der Waals surface area contributed by atoms with Crippen LogP contribution in [0.1, 0.15) is 47.0 Å². The van der Waals surface area contributed by atoms with Crippen molar-refractivity contribution in [3.05, 3.63) is 11.6 Å². The lowest BCUT2D eigenvalue weighted by atomic mass is 9.92.